The summed E-state index contributed by atoms with van der Waals surface area (Å²) in [6.45, 7) is 2.21. The number of carbonyl (C=O) groups is 1. The van der Waals surface area contributed by atoms with E-state index in [2.05, 4.69) is 4.98 Å². The van der Waals surface area contributed by atoms with Gasteiger partial charge in [0.2, 0.25) is 0 Å². The third-order valence-corrected chi connectivity index (χ3v) is 3.35. The molecule has 0 atom stereocenters. The molecule has 1 aromatic carbocycles. The van der Waals surface area contributed by atoms with Gasteiger partial charge in [-0.3, -0.25) is 4.98 Å². The van der Waals surface area contributed by atoms with E-state index in [1.54, 1.807) is 10.6 Å². The van der Waals surface area contributed by atoms with E-state index in [1.807, 2.05) is 25.1 Å². The van der Waals surface area contributed by atoms with Gasteiger partial charge in [0.25, 0.3) is 0 Å². The van der Waals surface area contributed by atoms with Gasteiger partial charge in [-0.15, -0.1) is 0 Å². The first kappa shape index (κ1) is 13.3. The van der Waals surface area contributed by atoms with Crippen molar-refractivity contribution < 1.29 is 14.3 Å². The van der Waals surface area contributed by atoms with Gasteiger partial charge in [-0.1, -0.05) is 6.07 Å². The van der Waals surface area contributed by atoms with Gasteiger partial charge in [0.05, 0.1) is 12.2 Å². The van der Waals surface area contributed by atoms with Crippen LogP contribution in [0.15, 0.2) is 42.5 Å². The molecule has 5 heteroatoms. The first-order valence-corrected chi connectivity index (χ1v) is 6.49. The largest absolute Gasteiger partial charge is 0.477 e. The van der Waals surface area contributed by atoms with Gasteiger partial charge in [-0.25, -0.2) is 9.18 Å². The van der Waals surface area contributed by atoms with Crippen LogP contribution in [0.2, 0.25) is 0 Å². The zero-order valence-corrected chi connectivity index (χ0v) is 11.4. The molecular formula is C16H13FN2O2. The minimum atomic E-state index is -1.04. The second kappa shape index (κ2) is 5.01. The van der Waals surface area contributed by atoms with E-state index in [4.69, 9.17) is 0 Å². The van der Waals surface area contributed by atoms with Crippen LogP contribution in [0.25, 0.3) is 10.9 Å². The summed E-state index contributed by atoms with van der Waals surface area (Å²) < 4.78 is 14.9. The van der Waals surface area contributed by atoms with Crippen molar-refractivity contribution in [2.75, 3.05) is 0 Å². The topological polar surface area (TPSA) is 55.1 Å². The minimum absolute atomic E-state index is 0.124. The van der Waals surface area contributed by atoms with Crippen molar-refractivity contribution in [2.45, 2.75) is 13.5 Å². The third-order valence-electron chi connectivity index (χ3n) is 3.35. The van der Waals surface area contributed by atoms with Gasteiger partial charge in [0.15, 0.2) is 0 Å². The molecule has 0 aliphatic rings. The van der Waals surface area contributed by atoms with Crippen LogP contribution in [0.3, 0.4) is 0 Å². The number of aromatic nitrogens is 2. The van der Waals surface area contributed by atoms with Crippen molar-refractivity contribution in [3.05, 3.63) is 65.4 Å². The van der Waals surface area contributed by atoms with Crippen LogP contribution in [-0.4, -0.2) is 20.6 Å². The summed E-state index contributed by atoms with van der Waals surface area (Å²) in [6, 6.07) is 11.3. The number of aryl methyl sites for hydroxylation is 1. The molecule has 3 aromatic rings. The second-order valence-corrected chi connectivity index (χ2v) is 4.89. The molecule has 0 saturated heterocycles. The standard InChI is InChI=1S/C16H13FN2O2/c1-10-3-2-4-13(18-10)9-19-14-6-5-12(17)7-11(14)8-15(19)16(20)21/h2-8H,9H2,1H3,(H,20,21). The molecule has 0 bridgehead atoms. The molecule has 2 heterocycles. The maximum atomic E-state index is 13.3. The molecule has 106 valence electrons. The predicted octanol–water partition coefficient (Wildman–Crippen LogP) is 3.23. The molecule has 4 nitrogen and oxygen atoms in total. The fourth-order valence-corrected chi connectivity index (χ4v) is 2.44. The lowest BCUT2D eigenvalue weighted by atomic mass is 10.2. The molecule has 2 aromatic heterocycles. The Morgan fingerprint density at radius 1 is 1.29 bits per heavy atom. The lowest BCUT2D eigenvalue weighted by Crippen LogP contribution is -2.10. The van der Waals surface area contributed by atoms with Gasteiger partial charge in [-0.05, 0) is 43.3 Å². The van der Waals surface area contributed by atoms with E-state index in [-0.39, 0.29) is 11.5 Å². The summed E-state index contributed by atoms with van der Waals surface area (Å²) in [5.74, 6) is -1.43. The maximum absolute atomic E-state index is 13.3. The Hall–Kier alpha value is -2.69. The molecule has 0 aliphatic heterocycles. The number of benzene rings is 1. The SMILES string of the molecule is Cc1cccc(Cn2c(C(=O)O)cc3cc(F)ccc32)n1. The number of hydrogen-bond acceptors (Lipinski definition) is 2. The molecule has 0 unspecified atom stereocenters. The van der Waals surface area contributed by atoms with Crippen LogP contribution in [0.4, 0.5) is 4.39 Å². The van der Waals surface area contributed by atoms with Crippen molar-refractivity contribution in [1.29, 1.82) is 0 Å². The summed E-state index contributed by atoms with van der Waals surface area (Å²) in [5, 5.41) is 9.90. The molecule has 0 saturated carbocycles. The van der Waals surface area contributed by atoms with E-state index in [1.165, 1.54) is 18.2 Å². The van der Waals surface area contributed by atoms with Crippen LogP contribution in [0.5, 0.6) is 0 Å². The molecule has 0 aliphatic carbocycles. The van der Waals surface area contributed by atoms with Crippen LogP contribution < -0.4 is 0 Å². The maximum Gasteiger partial charge on any atom is 0.352 e. The molecule has 21 heavy (non-hydrogen) atoms. The Kier molecular flexibility index (Phi) is 3.17. The minimum Gasteiger partial charge on any atom is -0.477 e. The molecular weight excluding hydrogens is 271 g/mol. The molecule has 0 radical (unpaired) electrons. The highest BCUT2D eigenvalue weighted by Crippen LogP contribution is 2.22. The van der Waals surface area contributed by atoms with E-state index in [0.29, 0.717) is 17.4 Å². The fourth-order valence-electron chi connectivity index (χ4n) is 2.44. The number of carboxylic acid groups (broad SMARTS) is 1. The molecule has 0 spiro atoms. The van der Waals surface area contributed by atoms with Crippen molar-refractivity contribution in [1.82, 2.24) is 9.55 Å². The number of carboxylic acids is 1. The Balaban J connectivity index is 2.15. The molecule has 0 fully saturated rings. The molecule has 1 N–H and O–H groups in total. The quantitative estimate of drug-likeness (QED) is 0.803. The van der Waals surface area contributed by atoms with Gasteiger partial charge in [0, 0.05) is 16.6 Å². The highest BCUT2D eigenvalue weighted by molar-refractivity contribution is 5.94. The van der Waals surface area contributed by atoms with Crippen LogP contribution in [0, 0.1) is 12.7 Å². The summed E-state index contributed by atoms with van der Waals surface area (Å²) in [6.07, 6.45) is 0. The lowest BCUT2D eigenvalue weighted by Gasteiger charge is -2.08. The van der Waals surface area contributed by atoms with Gasteiger partial charge >= 0.3 is 5.97 Å². The predicted molar refractivity (Wildman–Crippen MR) is 76.9 cm³/mol. The summed E-state index contributed by atoms with van der Waals surface area (Å²) in [5.41, 5.74) is 2.43. The van der Waals surface area contributed by atoms with Crippen LogP contribution in [-0.2, 0) is 6.54 Å². The lowest BCUT2D eigenvalue weighted by molar-refractivity contribution is 0.0686. The Morgan fingerprint density at radius 3 is 2.81 bits per heavy atom. The van der Waals surface area contributed by atoms with Crippen LogP contribution in [0.1, 0.15) is 21.9 Å². The van der Waals surface area contributed by atoms with E-state index >= 15 is 0 Å². The van der Waals surface area contributed by atoms with Gasteiger partial charge in [0.1, 0.15) is 11.5 Å². The van der Waals surface area contributed by atoms with Crippen molar-refractivity contribution in [3.8, 4) is 0 Å². The summed E-state index contributed by atoms with van der Waals surface area (Å²) >= 11 is 0. The number of rotatable bonds is 3. The Bertz CT molecular complexity index is 839. The monoisotopic (exact) mass is 284 g/mol. The van der Waals surface area contributed by atoms with Crippen LogP contribution >= 0.6 is 0 Å². The zero-order chi connectivity index (χ0) is 15.0. The Labute approximate surface area is 120 Å². The smallest absolute Gasteiger partial charge is 0.352 e. The Morgan fingerprint density at radius 2 is 2.10 bits per heavy atom. The van der Waals surface area contributed by atoms with E-state index in [9.17, 15) is 14.3 Å². The van der Waals surface area contributed by atoms with E-state index in [0.717, 1.165) is 11.4 Å². The number of hydrogen-bond donors (Lipinski definition) is 1. The number of halogens is 1. The van der Waals surface area contributed by atoms with Crippen molar-refractivity contribution in [3.63, 3.8) is 0 Å². The number of pyridine rings is 1. The van der Waals surface area contributed by atoms with Gasteiger partial charge in [-0.2, -0.15) is 0 Å². The normalized spacial score (nSPS) is 11.0. The average Bonchev–Trinajstić information content (AvgIpc) is 2.77. The first-order chi connectivity index (χ1) is 10.0. The third kappa shape index (κ3) is 2.50. The summed E-state index contributed by atoms with van der Waals surface area (Å²) in [7, 11) is 0. The second-order valence-electron chi connectivity index (χ2n) is 4.89. The fraction of sp³-hybridized carbons (Fsp3) is 0.125. The van der Waals surface area contributed by atoms with Crippen molar-refractivity contribution in [2.24, 2.45) is 0 Å². The number of nitrogens with zero attached hydrogens (tertiary/aromatic N) is 2. The number of fused-ring (bicyclic) bond motifs is 1. The average molecular weight is 284 g/mol. The molecule has 0 amide bonds. The van der Waals surface area contributed by atoms with Gasteiger partial charge < -0.3 is 9.67 Å². The zero-order valence-electron chi connectivity index (χ0n) is 11.4. The summed E-state index contributed by atoms with van der Waals surface area (Å²) in [4.78, 5) is 15.8. The molecule has 3 rings (SSSR count). The highest BCUT2D eigenvalue weighted by Gasteiger charge is 2.15. The van der Waals surface area contributed by atoms with Crippen molar-refractivity contribution >= 4 is 16.9 Å². The first-order valence-electron chi connectivity index (χ1n) is 6.49. The van der Waals surface area contributed by atoms with E-state index < -0.39 is 5.97 Å². The highest BCUT2D eigenvalue weighted by atomic mass is 19.1. The number of aromatic carboxylic acids is 1.